The van der Waals surface area contributed by atoms with Crippen LogP contribution in [0.25, 0.3) is 16.8 Å². The molecule has 0 aliphatic carbocycles. The fourth-order valence-corrected chi connectivity index (χ4v) is 4.39. The molecule has 1 aromatic carbocycles. The summed E-state index contributed by atoms with van der Waals surface area (Å²) in [4.78, 5) is 32.2. The van der Waals surface area contributed by atoms with Crippen LogP contribution < -0.4 is 11.5 Å². The summed E-state index contributed by atoms with van der Waals surface area (Å²) in [5.41, 5.74) is 15.5. The number of aromatic nitrogens is 4. The van der Waals surface area contributed by atoms with E-state index in [9.17, 15) is 4.79 Å². The first-order valence-corrected chi connectivity index (χ1v) is 11.3. The minimum absolute atomic E-state index is 0.188. The van der Waals surface area contributed by atoms with Crippen molar-refractivity contribution < 1.29 is 4.79 Å². The maximum atomic E-state index is 12.6. The fraction of sp³-hybridized carbons (Fsp3) is 0.192. The third-order valence-electron chi connectivity index (χ3n) is 5.99. The average molecular weight is 465 g/mol. The maximum absolute atomic E-state index is 12.6. The van der Waals surface area contributed by atoms with Crippen LogP contribution >= 0.6 is 0 Å². The van der Waals surface area contributed by atoms with Gasteiger partial charge in [0.05, 0.1) is 6.04 Å². The number of rotatable bonds is 4. The SMILES string of the molecule is CC#CC(=O)N1CCC[C@H]1c1nc(-c2ccc(C(N)=Nc3ccccn3)cc2)c2c(N)nccn12. The van der Waals surface area contributed by atoms with Gasteiger partial charge in [-0.05, 0) is 37.8 Å². The van der Waals surface area contributed by atoms with Gasteiger partial charge in [-0.1, -0.05) is 36.3 Å². The molecule has 1 atom stereocenters. The molecule has 4 aromatic rings. The molecule has 1 fully saturated rings. The topological polar surface area (TPSA) is 128 Å². The fourth-order valence-electron chi connectivity index (χ4n) is 4.39. The van der Waals surface area contributed by atoms with Crippen LogP contribution in [0.15, 0.2) is 66.0 Å². The van der Waals surface area contributed by atoms with Crippen molar-refractivity contribution in [1.82, 2.24) is 24.3 Å². The number of imidazole rings is 1. The van der Waals surface area contributed by atoms with E-state index < -0.39 is 0 Å². The van der Waals surface area contributed by atoms with Crippen molar-refractivity contribution in [2.45, 2.75) is 25.8 Å². The van der Waals surface area contributed by atoms with E-state index >= 15 is 0 Å². The van der Waals surface area contributed by atoms with Gasteiger partial charge >= 0.3 is 0 Å². The van der Waals surface area contributed by atoms with Gasteiger partial charge in [0.1, 0.15) is 28.7 Å². The van der Waals surface area contributed by atoms with Crippen LogP contribution in [0.4, 0.5) is 11.6 Å². The smallest absolute Gasteiger partial charge is 0.299 e. The van der Waals surface area contributed by atoms with Crippen molar-refractivity contribution in [2.75, 3.05) is 12.3 Å². The van der Waals surface area contributed by atoms with E-state index in [0.717, 1.165) is 29.8 Å². The molecule has 4 N–H and O–H groups in total. The van der Waals surface area contributed by atoms with Crippen molar-refractivity contribution in [3.63, 3.8) is 0 Å². The van der Waals surface area contributed by atoms with Gasteiger partial charge in [0.15, 0.2) is 5.82 Å². The normalized spacial score (nSPS) is 15.7. The number of carbonyl (C=O) groups is 1. The molecule has 9 nitrogen and oxygen atoms in total. The second-order valence-electron chi connectivity index (χ2n) is 8.14. The van der Waals surface area contributed by atoms with Crippen molar-refractivity contribution in [3.05, 3.63) is 72.4 Å². The largest absolute Gasteiger partial charge is 0.383 e. The van der Waals surface area contributed by atoms with Crippen LogP contribution in [0.5, 0.6) is 0 Å². The highest BCUT2D eigenvalue weighted by Gasteiger charge is 2.33. The summed E-state index contributed by atoms with van der Waals surface area (Å²) in [6, 6.07) is 12.9. The third-order valence-corrected chi connectivity index (χ3v) is 5.99. The number of amides is 1. The van der Waals surface area contributed by atoms with Gasteiger partial charge < -0.3 is 16.4 Å². The average Bonchev–Trinajstić information content (AvgIpc) is 3.51. The first-order chi connectivity index (χ1) is 17.1. The summed E-state index contributed by atoms with van der Waals surface area (Å²) in [6.45, 7) is 2.31. The Morgan fingerprint density at radius 2 is 1.97 bits per heavy atom. The number of likely N-dealkylation sites (tertiary alicyclic amines) is 1. The standard InChI is InChI=1S/C26H24N8O/c1-2-6-21(35)33-15-5-7-19(33)26-32-22(23-25(28)30-14-16-34(23)26)17-9-11-18(12-10-17)24(27)31-20-8-3-4-13-29-20/h3-4,8-14,16,19H,5,7,15H2,1H3,(H2,28,30)(H2,27,29,31)/t19-/m0/s1. The molecule has 0 unspecified atom stereocenters. The summed E-state index contributed by atoms with van der Waals surface area (Å²) in [7, 11) is 0. The summed E-state index contributed by atoms with van der Waals surface area (Å²) in [5, 5.41) is 0. The van der Waals surface area contributed by atoms with E-state index in [0.29, 0.717) is 35.2 Å². The second kappa shape index (κ2) is 9.27. The van der Waals surface area contributed by atoms with Crippen LogP contribution in [0.3, 0.4) is 0 Å². The van der Waals surface area contributed by atoms with E-state index in [1.54, 1.807) is 30.3 Å². The number of hydrogen-bond acceptors (Lipinski definition) is 6. The lowest BCUT2D eigenvalue weighted by Crippen LogP contribution is -2.30. The highest BCUT2D eigenvalue weighted by atomic mass is 16.2. The Morgan fingerprint density at radius 3 is 2.71 bits per heavy atom. The molecule has 0 bridgehead atoms. The van der Waals surface area contributed by atoms with E-state index in [1.807, 2.05) is 47.0 Å². The van der Waals surface area contributed by atoms with Gasteiger partial charge in [0, 0.05) is 36.3 Å². The van der Waals surface area contributed by atoms with E-state index in [2.05, 4.69) is 26.8 Å². The van der Waals surface area contributed by atoms with Crippen LogP contribution in [0.2, 0.25) is 0 Å². The van der Waals surface area contributed by atoms with Gasteiger partial charge in [0.2, 0.25) is 0 Å². The van der Waals surface area contributed by atoms with E-state index in [4.69, 9.17) is 16.5 Å². The Balaban J connectivity index is 1.54. The predicted molar refractivity (Wildman–Crippen MR) is 135 cm³/mol. The molecule has 1 saturated heterocycles. The number of carbonyl (C=O) groups excluding carboxylic acids is 1. The second-order valence-corrected chi connectivity index (χ2v) is 8.14. The molecule has 1 aliphatic rings. The molecule has 1 amide bonds. The van der Waals surface area contributed by atoms with Crippen LogP contribution in [0.1, 0.15) is 37.2 Å². The number of fused-ring (bicyclic) bond motifs is 1. The van der Waals surface area contributed by atoms with E-state index in [1.165, 1.54) is 0 Å². The Morgan fingerprint density at radius 1 is 1.14 bits per heavy atom. The maximum Gasteiger partial charge on any atom is 0.299 e. The molecule has 0 spiro atoms. The molecule has 3 aromatic heterocycles. The molecule has 174 valence electrons. The highest BCUT2D eigenvalue weighted by Crippen LogP contribution is 2.36. The predicted octanol–water partition coefficient (Wildman–Crippen LogP) is 3.10. The zero-order valence-electron chi connectivity index (χ0n) is 19.2. The molecular formula is C26H24N8O. The third kappa shape index (κ3) is 4.17. The zero-order valence-corrected chi connectivity index (χ0v) is 19.2. The number of anilines is 1. The lowest BCUT2D eigenvalue weighted by Gasteiger charge is -2.21. The van der Waals surface area contributed by atoms with Gasteiger partial charge in [-0.2, -0.15) is 0 Å². The van der Waals surface area contributed by atoms with Gasteiger partial charge in [0.25, 0.3) is 5.91 Å². The lowest BCUT2D eigenvalue weighted by atomic mass is 10.1. The number of nitrogens with zero attached hydrogens (tertiary/aromatic N) is 6. The first-order valence-electron chi connectivity index (χ1n) is 11.3. The van der Waals surface area contributed by atoms with E-state index in [-0.39, 0.29) is 11.9 Å². The summed E-state index contributed by atoms with van der Waals surface area (Å²) in [6.07, 6.45) is 6.83. The molecule has 35 heavy (non-hydrogen) atoms. The van der Waals surface area contributed by atoms with Crippen molar-refractivity contribution in [1.29, 1.82) is 0 Å². The van der Waals surface area contributed by atoms with Crippen LogP contribution in [-0.4, -0.2) is 42.5 Å². The van der Waals surface area contributed by atoms with Crippen LogP contribution in [0, 0.1) is 11.8 Å². The Labute approximate surface area is 202 Å². The van der Waals surface area contributed by atoms with Gasteiger partial charge in [-0.25, -0.2) is 19.9 Å². The Bertz CT molecular complexity index is 1480. The quantitative estimate of drug-likeness (QED) is 0.271. The highest BCUT2D eigenvalue weighted by molar-refractivity contribution is 5.99. The van der Waals surface area contributed by atoms with Crippen molar-refractivity contribution in [3.8, 4) is 23.1 Å². The Kier molecular flexibility index (Phi) is 5.85. The molecule has 9 heteroatoms. The number of nitrogens with two attached hydrogens (primary N) is 2. The van der Waals surface area contributed by atoms with Gasteiger partial charge in [-0.3, -0.25) is 9.20 Å². The first kappa shape index (κ1) is 22.1. The minimum Gasteiger partial charge on any atom is -0.383 e. The summed E-state index contributed by atoms with van der Waals surface area (Å²) < 4.78 is 1.93. The number of pyridine rings is 1. The molecule has 0 radical (unpaired) electrons. The number of hydrogen-bond donors (Lipinski definition) is 2. The summed E-state index contributed by atoms with van der Waals surface area (Å²) >= 11 is 0. The Hall–Kier alpha value is -4.71. The minimum atomic E-state index is -0.192. The molecule has 5 rings (SSSR count). The number of amidine groups is 1. The monoisotopic (exact) mass is 464 g/mol. The van der Waals surface area contributed by atoms with Crippen LogP contribution in [-0.2, 0) is 4.79 Å². The number of benzene rings is 1. The summed E-state index contributed by atoms with van der Waals surface area (Å²) in [5.74, 6) is 7.18. The number of aliphatic imine (C=N–C) groups is 1. The molecule has 0 saturated carbocycles. The van der Waals surface area contributed by atoms with Crippen molar-refractivity contribution in [2.24, 2.45) is 10.7 Å². The molecule has 1 aliphatic heterocycles. The molecule has 4 heterocycles. The molecular weight excluding hydrogens is 440 g/mol. The lowest BCUT2D eigenvalue weighted by molar-refractivity contribution is -0.126. The van der Waals surface area contributed by atoms with Gasteiger partial charge in [-0.15, -0.1) is 0 Å². The number of nitrogen functional groups attached to an aromatic ring is 1. The zero-order chi connectivity index (χ0) is 24.4. The van der Waals surface area contributed by atoms with Crippen molar-refractivity contribution >= 4 is 28.9 Å².